The molecule has 0 unspecified atom stereocenters. The third kappa shape index (κ3) is 41.4. The SMILES string of the molecule is CCCCCCCCCCCC(=O)OC[C@H](COC(=O)CCCCCCCCCC(C)C)OC(=O)CCCCCCCCCCCCCCCC(C)C. The van der Waals surface area contributed by atoms with Crippen LogP contribution in [0.2, 0.25) is 0 Å². The number of hydrogen-bond donors (Lipinski definition) is 0. The number of hydrogen-bond acceptors (Lipinski definition) is 6. The van der Waals surface area contributed by atoms with Crippen molar-refractivity contribution in [2.24, 2.45) is 11.8 Å². The van der Waals surface area contributed by atoms with Crippen LogP contribution in [0.1, 0.15) is 253 Å². The molecule has 53 heavy (non-hydrogen) atoms. The number of ether oxygens (including phenoxy) is 3. The van der Waals surface area contributed by atoms with Crippen molar-refractivity contribution in [3.05, 3.63) is 0 Å². The monoisotopic (exact) mass is 751 g/mol. The van der Waals surface area contributed by atoms with Crippen LogP contribution in [-0.4, -0.2) is 37.2 Å². The van der Waals surface area contributed by atoms with Gasteiger partial charge in [0, 0.05) is 19.3 Å². The molecule has 0 aromatic heterocycles. The van der Waals surface area contributed by atoms with Gasteiger partial charge in [0.25, 0.3) is 0 Å². The van der Waals surface area contributed by atoms with Crippen LogP contribution in [0.4, 0.5) is 0 Å². The van der Waals surface area contributed by atoms with Crippen molar-refractivity contribution in [1.29, 1.82) is 0 Å². The summed E-state index contributed by atoms with van der Waals surface area (Å²) in [5.41, 5.74) is 0. The Balaban J connectivity index is 4.29. The van der Waals surface area contributed by atoms with Crippen LogP contribution in [0.3, 0.4) is 0 Å². The maximum Gasteiger partial charge on any atom is 0.306 e. The average molecular weight is 751 g/mol. The zero-order valence-electron chi connectivity index (χ0n) is 36.1. The largest absolute Gasteiger partial charge is 0.462 e. The highest BCUT2D eigenvalue weighted by atomic mass is 16.6. The molecule has 0 N–H and O–H groups in total. The maximum atomic E-state index is 12.7. The first kappa shape index (κ1) is 51.4. The second kappa shape index (κ2) is 40.1. The minimum Gasteiger partial charge on any atom is -0.462 e. The van der Waals surface area contributed by atoms with E-state index in [0.29, 0.717) is 19.3 Å². The van der Waals surface area contributed by atoms with Gasteiger partial charge in [0.15, 0.2) is 6.10 Å². The molecule has 0 aromatic rings. The van der Waals surface area contributed by atoms with E-state index in [1.54, 1.807) is 0 Å². The molecule has 0 heterocycles. The number of rotatable bonds is 41. The van der Waals surface area contributed by atoms with Gasteiger partial charge < -0.3 is 14.2 Å². The van der Waals surface area contributed by atoms with Crippen molar-refractivity contribution >= 4 is 17.9 Å². The minimum atomic E-state index is -0.760. The van der Waals surface area contributed by atoms with Gasteiger partial charge in [0.2, 0.25) is 0 Å². The van der Waals surface area contributed by atoms with Gasteiger partial charge in [-0.2, -0.15) is 0 Å². The fourth-order valence-electron chi connectivity index (χ4n) is 6.93. The second-order valence-corrected chi connectivity index (χ2v) is 17.0. The van der Waals surface area contributed by atoms with Gasteiger partial charge in [-0.3, -0.25) is 14.4 Å². The molecule has 0 aliphatic carbocycles. The zero-order chi connectivity index (χ0) is 39.0. The molecule has 0 aromatic carbocycles. The molecule has 0 spiro atoms. The molecule has 314 valence electrons. The van der Waals surface area contributed by atoms with Crippen molar-refractivity contribution in [2.45, 2.75) is 259 Å². The van der Waals surface area contributed by atoms with Crippen LogP contribution in [0.15, 0.2) is 0 Å². The number of unbranched alkanes of at least 4 members (excludes halogenated alkanes) is 26. The van der Waals surface area contributed by atoms with Gasteiger partial charge in [-0.1, -0.05) is 214 Å². The Morgan fingerprint density at radius 2 is 0.623 bits per heavy atom. The van der Waals surface area contributed by atoms with E-state index in [2.05, 4.69) is 34.6 Å². The predicted molar refractivity (Wildman–Crippen MR) is 224 cm³/mol. The van der Waals surface area contributed by atoms with Gasteiger partial charge in [-0.15, -0.1) is 0 Å². The van der Waals surface area contributed by atoms with Gasteiger partial charge >= 0.3 is 17.9 Å². The van der Waals surface area contributed by atoms with E-state index < -0.39 is 6.10 Å². The van der Waals surface area contributed by atoms with Crippen molar-refractivity contribution < 1.29 is 28.6 Å². The zero-order valence-corrected chi connectivity index (χ0v) is 36.1. The van der Waals surface area contributed by atoms with E-state index in [4.69, 9.17) is 14.2 Å². The first-order valence-corrected chi connectivity index (χ1v) is 23.2. The van der Waals surface area contributed by atoms with Crippen LogP contribution < -0.4 is 0 Å². The van der Waals surface area contributed by atoms with Crippen LogP contribution in [0.25, 0.3) is 0 Å². The molecule has 0 saturated carbocycles. The number of carbonyl (C=O) groups is 3. The van der Waals surface area contributed by atoms with Gasteiger partial charge in [-0.05, 0) is 31.1 Å². The molecule has 0 aliphatic heterocycles. The van der Waals surface area contributed by atoms with E-state index in [-0.39, 0.29) is 31.1 Å². The standard InChI is InChI=1S/C47H90O6/c1-6-7-8-9-10-16-22-27-32-37-45(48)51-40-44(41-52-46(49)38-33-28-24-19-21-26-31-36-43(4)5)53-47(50)39-34-29-23-18-15-13-11-12-14-17-20-25-30-35-42(2)3/h42-44H,6-41H2,1-5H3/t44-/m1/s1. The Bertz CT molecular complexity index is 809. The van der Waals surface area contributed by atoms with Gasteiger partial charge in [0.05, 0.1) is 0 Å². The second-order valence-electron chi connectivity index (χ2n) is 17.0. The maximum absolute atomic E-state index is 12.7. The summed E-state index contributed by atoms with van der Waals surface area (Å²) in [5, 5.41) is 0. The molecule has 0 saturated heterocycles. The van der Waals surface area contributed by atoms with E-state index in [1.165, 1.54) is 141 Å². The molecule has 0 amide bonds. The lowest BCUT2D eigenvalue weighted by molar-refractivity contribution is -0.167. The fourth-order valence-corrected chi connectivity index (χ4v) is 6.93. The molecule has 0 radical (unpaired) electrons. The molecule has 0 fully saturated rings. The van der Waals surface area contributed by atoms with Crippen LogP contribution in [0, 0.1) is 11.8 Å². The number of carbonyl (C=O) groups excluding carboxylic acids is 3. The summed E-state index contributed by atoms with van der Waals surface area (Å²) in [6.45, 7) is 11.3. The third-order valence-electron chi connectivity index (χ3n) is 10.5. The molecule has 6 heteroatoms. The van der Waals surface area contributed by atoms with Crippen LogP contribution >= 0.6 is 0 Å². The van der Waals surface area contributed by atoms with E-state index in [1.807, 2.05) is 0 Å². The van der Waals surface area contributed by atoms with E-state index >= 15 is 0 Å². The molecule has 0 bridgehead atoms. The first-order chi connectivity index (χ1) is 25.7. The summed E-state index contributed by atoms with van der Waals surface area (Å²) in [7, 11) is 0. The van der Waals surface area contributed by atoms with Crippen molar-refractivity contribution in [2.75, 3.05) is 13.2 Å². The summed E-state index contributed by atoms with van der Waals surface area (Å²) < 4.78 is 16.7. The Morgan fingerprint density at radius 3 is 0.925 bits per heavy atom. The normalized spacial score (nSPS) is 12.1. The Morgan fingerprint density at radius 1 is 0.358 bits per heavy atom. The third-order valence-corrected chi connectivity index (χ3v) is 10.5. The molecule has 0 aliphatic rings. The van der Waals surface area contributed by atoms with Crippen LogP contribution in [-0.2, 0) is 28.6 Å². The average Bonchev–Trinajstić information content (AvgIpc) is 3.12. The highest BCUT2D eigenvalue weighted by Crippen LogP contribution is 2.16. The Kier molecular flexibility index (Phi) is 38.9. The van der Waals surface area contributed by atoms with E-state index in [9.17, 15) is 14.4 Å². The summed E-state index contributed by atoms with van der Waals surface area (Å²) in [6, 6.07) is 0. The van der Waals surface area contributed by atoms with Crippen LogP contribution in [0.5, 0.6) is 0 Å². The summed E-state index contributed by atoms with van der Waals surface area (Å²) in [4.78, 5) is 37.7. The lowest BCUT2D eigenvalue weighted by Gasteiger charge is -2.18. The molecule has 1 atom stereocenters. The minimum absolute atomic E-state index is 0.0653. The van der Waals surface area contributed by atoms with Gasteiger partial charge in [0.1, 0.15) is 13.2 Å². The molecular weight excluding hydrogens is 661 g/mol. The topological polar surface area (TPSA) is 78.9 Å². The first-order valence-electron chi connectivity index (χ1n) is 23.2. The highest BCUT2D eigenvalue weighted by molar-refractivity contribution is 5.71. The fraction of sp³-hybridized carbons (Fsp3) is 0.936. The Labute approximate surface area is 329 Å². The quantitative estimate of drug-likeness (QED) is 0.0352. The summed E-state index contributed by atoms with van der Waals surface area (Å²) >= 11 is 0. The lowest BCUT2D eigenvalue weighted by Crippen LogP contribution is -2.30. The van der Waals surface area contributed by atoms with Gasteiger partial charge in [-0.25, -0.2) is 0 Å². The lowest BCUT2D eigenvalue weighted by atomic mass is 10.0. The highest BCUT2D eigenvalue weighted by Gasteiger charge is 2.19. The predicted octanol–water partition coefficient (Wildman–Crippen LogP) is 14.6. The Hall–Kier alpha value is -1.59. The molecule has 6 nitrogen and oxygen atoms in total. The molecular formula is C47H90O6. The van der Waals surface area contributed by atoms with E-state index in [0.717, 1.165) is 69.6 Å². The molecule has 0 rings (SSSR count). The summed E-state index contributed by atoms with van der Waals surface area (Å²) in [6.07, 6.45) is 38.1. The smallest absolute Gasteiger partial charge is 0.306 e. The van der Waals surface area contributed by atoms with Crippen molar-refractivity contribution in [3.8, 4) is 0 Å². The van der Waals surface area contributed by atoms with Crippen molar-refractivity contribution in [3.63, 3.8) is 0 Å². The van der Waals surface area contributed by atoms with Crippen molar-refractivity contribution in [1.82, 2.24) is 0 Å². The summed E-state index contributed by atoms with van der Waals surface area (Å²) in [5.74, 6) is 0.759. The number of esters is 3.